The maximum Gasteiger partial charge on any atom is 0.253 e. The lowest BCUT2D eigenvalue weighted by Gasteiger charge is -2.19. The number of amides is 1. The summed E-state index contributed by atoms with van der Waals surface area (Å²) in [5.41, 5.74) is 0.391. The lowest BCUT2D eigenvalue weighted by atomic mass is 10.2. The standard InChI is InChI=1S/C14H22N2O3S/c1-5-15(4)14(17)12-9-8-10-13(11-12)20(18,19)16(6-2)7-3/h8-11H,5-7H2,1-4H3. The van der Waals surface area contributed by atoms with Gasteiger partial charge in [-0.2, -0.15) is 4.31 Å². The zero-order valence-corrected chi connectivity index (χ0v) is 13.3. The molecule has 0 aliphatic heterocycles. The van der Waals surface area contributed by atoms with E-state index in [1.165, 1.54) is 16.4 Å². The fraction of sp³-hybridized carbons (Fsp3) is 0.500. The summed E-state index contributed by atoms with van der Waals surface area (Å²) in [6, 6.07) is 6.21. The molecule has 0 radical (unpaired) electrons. The van der Waals surface area contributed by atoms with Crippen LogP contribution in [0.2, 0.25) is 0 Å². The number of sulfonamides is 1. The van der Waals surface area contributed by atoms with Crippen LogP contribution in [0.15, 0.2) is 29.2 Å². The molecule has 0 aliphatic rings. The number of benzene rings is 1. The minimum absolute atomic E-state index is 0.163. The summed E-state index contributed by atoms with van der Waals surface area (Å²) in [4.78, 5) is 13.8. The third kappa shape index (κ3) is 3.37. The largest absolute Gasteiger partial charge is 0.342 e. The highest BCUT2D eigenvalue weighted by Crippen LogP contribution is 2.17. The molecule has 0 saturated heterocycles. The van der Waals surface area contributed by atoms with Gasteiger partial charge < -0.3 is 4.90 Å². The Balaban J connectivity index is 3.20. The van der Waals surface area contributed by atoms with E-state index in [1.54, 1.807) is 37.9 Å². The van der Waals surface area contributed by atoms with Crippen LogP contribution in [0.5, 0.6) is 0 Å². The first-order chi connectivity index (χ1) is 9.38. The molecular formula is C14H22N2O3S. The van der Waals surface area contributed by atoms with Crippen LogP contribution >= 0.6 is 0 Å². The normalized spacial score (nSPS) is 11.7. The second kappa shape index (κ2) is 6.85. The van der Waals surface area contributed by atoms with Crippen molar-refractivity contribution in [2.75, 3.05) is 26.7 Å². The van der Waals surface area contributed by atoms with Crippen LogP contribution in [0.1, 0.15) is 31.1 Å². The maximum atomic E-state index is 12.4. The molecule has 0 aliphatic carbocycles. The SMILES string of the molecule is CCN(C)C(=O)c1cccc(S(=O)(=O)N(CC)CC)c1. The quantitative estimate of drug-likeness (QED) is 0.805. The van der Waals surface area contributed by atoms with E-state index in [4.69, 9.17) is 0 Å². The van der Waals surface area contributed by atoms with Gasteiger partial charge in [0.15, 0.2) is 0 Å². The molecule has 0 fully saturated rings. The summed E-state index contributed by atoms with van der Waals surface area (Å²) in [6.45, 7) is 6.85. The summed E-state index contributed by atoms with van der Waals surface area (Å²) in [6.07, 6.45) is 0. The average molecular weight is 298 g/mol. The van der Waals surface area contributed by atoms with Crippen molar-refractivity contribution < 1.29 is 13.2 Å². The molecule has 1 aromatic carbocycles. The average Bonchev–Trinajstić information content (AvgIpc) is 2.46. The summed E-state index contributed by atoms with van der Waals surface area (Å²) >= 11 is 0. The minimum Gasteiger partial charge on any atom is -0.342 e. The Morgan fingerprint density at radius 2 is 1.70 bits per heavy atom. The predicted octanol–water partition coefficient (Wildman–Crippen LogP) is 1.81. The van der Waals surface area contributed by atoms with Crippen molar-refractivity contribution >= 4 is 15.9 Å². The number of rotatable bonds is 6. The molecule has 1 rings (SSSR count). The molecular weight excluding hydrogens is 276 g/mol. The second-order valence-corrected chi connectivity index (χ2v) is 6.37. The van der Waals surface area contributed by atoms with Gasteiger partial charge in [-0.3, -0.25) is 4.79 Å². The van der Waals surface area contributed by atoms with Crippen LogP contribution in [0.25, 0.3) is 0 Å². The summed E-state index contributed by atoms with van der Waals surface area (Å²) in [5.74, 6) is -0.177. The first kappa shape index (κ1) is 16.7. The zero-order chi connectivity index (χ0) is 15.3. The Morgan fingerprint density at radius 3 is 2.20 bits per heavy atom. The van der Waals surface area contributed by atoms with E-state index in [0.717, 1.165) is 0 Å². The van der Waals surface area contributed by atoms with Gasteiger partial charge in [0.2, 0.25) is 10.0 Å². The summed E-state index contributed by atoms with van der Waals surface area (Å²) in [7, 11) is -1.84. The van der Waals surface area contributed by atoms with Gasteiger partial charge in [0, 0.05) is 32.2 Å². The van der Waals surface area contributed by atoms with Crippen molar-refractivity contribution in [3.05, 3.63) is 29.8 Å². The first-order valence-corrected chi connectivity index (χ1v) is 8.18. The molecule has 0 unspecified atom stereocenters. The van der Waals surface area contributed by atoms with E-state index in [9.17, 15) is 13.2 Å². The van der Waals surface area contributed by atoms with E-state index in [-0.39, 0.29) is 10.8 Å². The van der Waals surface area contributed by atoms with Crippen LogP contribution in [-0.2, 0) is 10.0 Å². The molecule has 112 valence electrons. The van der Waals surface area contributed by atoms with Crippen molar-refractivity contribution in [2.45, 2.75) is 25.7 Å². The van der Waals surface area contributed by atoms with Crippen molar-refractivity contribution in [2.24, 2.45) is 0 Å². The van der Waals surface area contributed by atoms with E-state index in [0.29, 0.717) is 25.2 Å². The molecule has 5 nitrogen and oxygen atoms in total. The molecule has 0 aromatic heterocycles. The Bertz CT molecular complexity index is 566. The van der Waals surface area contributed by atoms with Gasteiger partial charge >= 0.3 is 0 Å². The molecule has 20 heavy (non-hydrogen) atoms. The number of carbonyl (C=O) groups is 1. The van der Waals surface area contributed by atoms with E-state index < -0.39 is 10.0 Å². The lowest BCUT2D eigenvalue weighted by molar-refractivity contribution is 0.0802. The number of nitrogens with zero attached hydrogens (tertiary/aromatic N) is 2. The fourth-order valence-corrected chi connectivity index (χ4v) is 3.37. The highest BCUT2D eigenvalue weighted by Gasteiger charge is 2.22. The number of carbonyl (C=O) groups excluding carboxylic acids is 1. The van der Waals surface area contributed by atoms with Crippen LogP contribution in [0, 0.1) is 0 Å². The highest BCUT2D eigenvalue weighted by atomic mass is 32.2. The van der Waals surface area contributed by atoms with Crippen LogP contribution < -0.4 is 0 Å². The second-order valence-electron chi connectivity index (χ2n) is 4.44. The smallest absolute Gasteiger partial charge is 0.253 e. The zero-order valence-electron chi connectivity index (χ0n) is 12.5. The molecule has 0 bridgehead atoms. The monoisotopic (exact) mass is 298 g/mol. The van der Waals surface area contributed by atoms with Gasteiger partial charge in [-0.1, -0.05) is 19.9 Å². The van der Waals surface area contributed by atoms with E-state index in [2.05, 4.69) is 0 Å². The lowest BCUT2D eigenvalue weighted by Crippen LogP contribution is -2.31. The molecule has 6 heteroatoms. The Hall–Kier alpha value is -1.40. The van der Waals surface area contributed by atoms with Crippen LogP contribution in [0.3, 0.4) is 0 Å². The van der Waals surface area contributed by atoms with Gasteiger partial charge in [0.25, 0.3) is 5.91 Å². The van der Waals surface area contributed by atoms with Crippen molar-refractivity contribution in [3.63, 3.8) is 0 Å². The van der Waals surface area contributed by atoms with Gasteiger partial charge in [-0.25, -0.2) is 8.42 Å². The molecule has 0 spiro atoms. The van der Waals surface area contributed by atoms with Crippen LogP contribution in [0.4, 0.5) is 0 Å². The van der Waals surface area contributed by atoms with Crippen molar-refractivity contribution in [1.82, 2.24) is 9.21 Å². The number of hydrogen-bond donors (Lipinski definition) is 0. The van der Waals surface area contributed by atoms with Gasteiger partial charge in [-0.05, 0) is 25.1 Å². The van der Waals surface area contributed by atoms with Gasteiger partial charge in [0.1, 0.15) is 0 Å². The van der Waals surface area contributed by atoms with Crippen molar-refractivity contribution in [1.29, 1.82) is 0 Å². The Kier molecular flexibility index (Phi) is 5.71. The fourth-order valence-electron chi connectivity index (χ4n) is 1.87. The van der Waals surface area contributed by atoms with Crippen LogP contribution in [-0.4, -0.2) is 50.2 Å². The molecule has 0 heterocycles. The molecule has 0 saturated carbocycles. The Labute approximate surface area is 121 Å². The van der Waals surface area contributed by atoms with E-state index >= 15 is 0 Å². The molecule has 1 amide bonds. The first-order valence-electron chi connectivity index (χ1n) is 6.74. The molecule has 0 N–H and O–H groups in total. The van der Waals surface area contributed by atoms with E-state index in [1.807, 2.05) is 6.92 Å². The maximum absolute atomic E-state index is 12.4. The van der Waals surface area contributed by atoms with Gasteiger partial charge in [-0.15, -0.1) is 0 Å². The topological polar surface area (TPSA) is 57.7 Å². The van der Waals surface area contributed by atoms with Crippen molar-refractivity contribution in [3.8, 4) is 0 Å². The highest BCUT2D eigenvalue weighted by molar-refractivity contribution is 7.89. The Morgan fingerprint density at radius 1 is 1.10 bits per heavy atom. The molecule has 0 atom stereocenters. The minimum atomic E-state index is -3.53. The molecule has 1 aromatic rings. The summed E-state index contributed by atoms with van der Waals surface area (Å²) < 4.78 is 26.2. The summed E-state index contributed by atoms with van der Waals surface area (Å²) in [5, 5.41) is 0. The third-order valence-corrected chi connectivity index (χ3v) is 5.29. The predicted molar refractivity (Wildman–Crippen MR) is 79.2 cm³/mol. The third-order valence-electron chi connectivity index (χ3n) is 3.25. The number of hydrogen-bond acceptors (Lipinski definition) is 3. The van der Waals surface area contributed by atoms with Gasteiger partial charge in [0.05, 0.1) is 4.90 Å².